The average molecular weight is 324 g/mol. The van der Waals surface area contributed by atoms with Gasteiger partial charge in [-0.05, 0) is 19.9 Å². The van der Waals surface area contributed by atoms with Crippen LogP contribution < -0.4 is 5.32 Å². The normalized spacial score (nSPS) is 20.5. The van der Waals surface area contributed by atoms with Crippen molar-refractivity contribution in [2.45, 2.75) is 31.9 Å². The highest BCUT2D eigenvalue weighted by molar-refractivity contribution is 7.21. The lowest BCUT2D eigenvalue weighted by molar-refractivity contribution is -0.147. The second-order valence-electron chi connectivity index (χ2n) is 5.65. The van der Waals surface area contributed by atoms with Gasteiger partial charge in [0.2, 0.25) is 0 Å². The van der Waals surface area contributed by atoms with E-state index in [1.807, 2.05) is 38.1 Å². The Hall–Kier alpha value is -1.59. The summed E-state index contributed by atoms with van der Waals surface area (Å²) < 4.78 is 6.15. The quantitative estimate of drug-likeness (QED) is 0.862. The van der Waals surface area contributed by atoms with Gasteiger partial charge in [0.25, 0.3) is 5.91 Å². The number of ether oxygens (including phenoxy) is 1. The van der Waals surface area contributed by atoms with Crippen molar-refractivity contribution in [1.82, 2.24) is 5.32 Å². The van der Waals surface area contributed by atoms with Crippen molar-refractivity contribution in [3.05, 3.63) is 34.2 Å². The summed E-state index contributed by atoms with van der Waals surface area (Å²) in [6.07, 6.45) is 0.458. The minimum absolute atomic E-state index is 0.333. The van der Waals surface area contributed by atoms with Crippen molar-refractivity contribution in [2.75, 3.05) is 0 Å². The van der Waals surface area contributed by atoms with E-state index in [4.69, 9.17) is 16.3 Å². The molecule has 1 unspecified atom stereocenters. The topological polar surface area (TPSA) is 55.4 Å². The summed E-state index contributed by atoms with van der Waals surface area (Å²) in [6.45, 7) is 3.65. The molecule has 1 amide bonds. The largest absolute Gasteiger partial charge is 0.458 e. The van der Waals surface area contributed by atoms with Crippen molar-refractivity contribution >= 4 is 44.9 Å². The van der Waals surface area contributed by atoms with Crippen LogP contribution >= 0.6 is 22.9 Å². The Morgan fingerprint density at radius 1 is 1.43 bits per heavy atom. The molecule has 0 saturated carbocycles. The van der Waals surface area contributed by atoms with Gasteiger partial charge in [-0.3, -0.25) is 4.79 Å². The third-order valence-corrected chi connectivity index (χ3v) is 5.08. The number of esters is 1. The van der Waals surface area contributed by atoms with Crippen LogP contribution in [-0.4, -0.2) is 23.5 Å². The number of hydrogen-bond donors (Lipinski definition) is 1. The van der Waals surface area contributed by atoms with Crippen LogP contribution in [0.15, 0.2) is 24.3 Å². The standard InChI is InChI=1S/C15H14ClNO3S/c1-15(2)7-9(14(19)20-15)17-13(18)12-11(16)8-5-3-4-6-10(8)21-12/h3-6,9H,7H2,1-2H3,(H,17,18). The van der Waals surface area contributed by atoms with E-state index in [9.17, 15) is 9.59 Å². The Morgan fingerprint density at radius 2 is 2.14 bits per heavy atom. The first kappa shape index (κ1) is 14.4. The van der Waals surface area contributed by atoms with Crippen LogP contribution in [0.3, 0.4) is 0 Å². The lowest BCUT2D eigenvalue weighted by Crippen LogP contribution is -2.38. The van der Waals surface area contributed by atoms with Gasteiger partial charge in [0.1, 0.15) is 16.5 Å². The fourth-order valence-electron chi connectivity index (χ4n) is 2.45. The maximum absolute atomic E-state index is 12.4. The van der Waals surface area contributed by atoms with Crippen molar-refractivity contribution in [1.29, 1.82) is 0 Å². The maximum atomic E-state index is 12.4. The van der Waals surface area contributed by atoms with Crippen LogP contribution in [-0.2, 0) is 9.53 Å². The Labute approximate surface area is 131 Å². The van der Waals surface area contributed by atoms with Crippen molar-refractivity contribution in [3.8, 4) is 0 Å². The number of carbonyl (C=O) groups is 2. The fourth-order valence-corrected chi connectivity index (χ4v) is 3.87. The molecule has 110 valence electrons. The molecule has 0 bridgehead atoms. The zero-order valence-electron chi connectivity index (χ0n) is 11.6. The Balaban J connectivity index is 1.85. The molecule has 1 atom stereocenters. The average Bonchev–Trinajstić information content (AvgIpc) is 2.87. The first-order valence-electron chi connectivity index (χ1n) is 6.58. The molecule has 0 spiro atoms. The van der Waals surface area contributed by atoms with Gasteiger partial charge < -0.3 is 10.1 Å². The van der Waals surface area contributed by atoms with Gasteiger partial charge >= 0.3 is 5.97 Å². The summed E-state index contributed by atoms with van der Waals surface area (Å²) in [4.78, 5) is 24.5. The molecule has 0 aliphatic carbocycles. The van der Waals surface area contributed by atoms with Crippen molar-refractivity contribution < 1.29 is 14.3 Å². The number of fused-ring (bicyclic) bond motifs is 1. The predicted molar refractivity (Wildman–Crippen MR) is 82.9 cm³/mol. The number of cyclic esters (lactones) is 1. The summed E-state index contributed by atoms with van der Waals surface area (Å²) in [7, 11) is 0. The van der Waals surface area contributed by atoms with Crippen LogP contribution in [0.2, 0.25) is 5.02 Å². The van der Waals surface area contributed by atoms with Crippen LogP contribution in [0, 0.1) is 0 Å². The first-order valence-corrected chi connectivity index (χ1v) is 7.77. The molecule has 4 nitrogen and oxygen atoms in total. The van der Waals surface area contributed by atoms with Gasteiger partial charge in [0.15, 0.2) is 0 Å². The first-order chi connectivity index (χ1) is 9.87. The van der Waals surface area contributed by atoms with E-state index in [0.29, 0.717) is 16.3 Å². The Bertz CT molecular complexity index is 738. The summed E-state index contributed by atoms with van der Waals surface area (Å²) in [5.74, 6) is -0.730. The number of carbonyl (C=O) groups excluding carboxylic acids is 2. The third-order valence-electron chi connectivity index (χ3n) is 3.40. The van der Waals surface area contributed by atoms with Crippen LogP contribution in [0.5, 0.6) is 0 Å². The molecule has 1 N–H and O–H groups in total. The minimum Gasteiger partial charge on any atom is -0.458 e. The number of halogens is 1. The second kappa shape index (κ2) is 5.00. The van der Waals surface area contributed by atoms with E-state index in [2.05, 4.69) is 5.32 Å². The molecule has 0 radical (unpaired) electrons. The molecule has 6 heteroatoms. The van der Waals surface area contributed by atoms with Crippen molar-refractivity contribution in [2.24, 2.45) is 0 Å². The number of thiophene rings is 1. The highest BCUT2D eigenvalue weighted by atomic mass is 35.5. The number of amides is 1. The molecule has 1 aromatic heterocycles. The second-order valence-corrected chi connectivity index (χ2v) is 7.08. The Kier molecular flexibility index (Phi) is 3.42. The summed E-state index contributed by atoms with van der Waals surface area (Å²) in [6, 6.07) is 6.94. The van der Waals surface area contributed by atoms with Gasteiger partial charge in [0, 0.05) is 16.5 Å². The van der Waals surface area contributed by atoms with Crippen molar-refractivity contribution in [3.63, 3.8) is 0 Å². The van der Waals surface area contributed by atoms with Gasteiger partial charge in [-0.15, -0.1) is 11.3 Å². The van der Waals surface area contributed by atoms with Gasteiger partial charge in [-0.25, -0.2) is 4.79 Å². The number of hydrogen-bond acceptors (Lipinski definition) is 4. The lowest BCUT2D eigenvalue weighted by Gasteiger charge is -2.14. The van der Waals surface area contributed by atoms with E-state index in [1.165, 1.54) is 11.3 Å². The molecule has 1 aliphatic rings. The fraction of sp³-hybridized carbons (Fsp3) is 0.333. The number of benzene rings is 1. The molecule has 1 fully saturated rings. The minimum atomic E-state index is -0.617. The third kappa shape index (κ3) is 2.63. The molecule has 1 aromatic carbocycles. The summed E-state index contributed by atoms with van der Waals surface area (Å²) in [5, 5.41) is 3.99. The number of nitrogens with one attached hydrogen (secondary N) is 1. The maximum Gasteiger partial charge on any atom is 0.329 e. The lowest BCUT2D eigenvalue weighted by atomic mass is 10.0. The number of rotatable bonds is 2. The van der Waals surface area contributed by atoms with Gasteiger partial charge in [0.05, 0.1) is 5.02 Å². The van der Waals surface area contributed by atoms with E-state index < -0.39 is 17.6 Å². The SMILES string of the molecule is CC1(C)CC(NC(=O)c2sc3ccccc3c2Cl)C(=O)O1. The zero-order valence-corrected chi connectivity index (χ0v) is 13.2. The molecular weight excluding hydrogens is 310 g/mol. The van der Waals surface area contributed by atoms with E-state index >= 15 is 0 Å². The molecule has 2 heterocycles. The van der Waals surface area contributed by atoms with E-state index in [1.54, 1.807) is 0 Å². The van der Waals surface area contributed by atoms with Gasteiger partial charge in [-0.1, -0.05) is 29.8 Å². The van der Waals surface area contributed by atoms with E-state index in [-0.39, 0.29) is 5.91 Å². The molecule has 1 aliphatic heterocycles. The summed E-state index contributed by atoms with van der Waals surface area (Å²) >= 11 is 7.58. The molecule has 21 heavy (non-hydrogen) atoms. The highest BCUT2D eigenvalue weighted by Crippen LogP contribution is 2.35. The summed E-state index contributed by atoms with van der Waals surface area (Å²) in [5.41, 5.74) is -0.543. The van der Waals surface area contributed by atoms with Crippen LogP contribution in [0.4, 0.5) is 0 Å². The monoisotopic (exact) mass is 323 g/mol. The highest BCUT2D eigenvalue weighted by Gasteiger charge is 2.41. The molecule has 1 saturated heterocycles. The molecule has 3 rings (SSSR count). The Morgan fingerprint density at radius 3 is 2.76 bits per heavy atom. The predicted octanol–water partition coefficient (Wildman–Crippen LogP) is 3.38. The van der Waals surface area contributed by atoms with Gasteiger partial charge in [-0.2, -0.15) is 0 Å². The molecule has 2 aromatic rings. The van der Waals surface area contributed by atoms with Crippen LogP contribution in [0.1, 0.15) is 29.9 Å². The van der Waals surface area contributed by atoms with E-state index in [0.717, 1.165) is 10.1 Å². The zero-order chi connectivity index (χ0) is 15.2. The molecular formula is C15H14ClNO3S. The van der Waals surface area contributed by atoms with Crippen LogP contribution in [0.25, 0.3) is 10.1 Å². The smallest absolute Gasteiger partial charge is 0.329 e.